The van der Waals surface area contributed by atoms with E-state index in [1.54, 1.807) is 0 Å². The normalized spacial score (nSPS) is 52.1. The molecule has 140 valence electrons. The van der Waals surface area contributed by atoms with Gasteiger partial charge < -0.3 is 9.84 Å². The number of carbonyl (C=O) groups excluding carboxylic acids is 2. The quantitative estimate of drug-likeness (QED) is 0.737. The number of aliphatic hydroxyl groups excluding tert-OH is 1. The molecule has 0 radical (unpaired) electrons. The Balaban J connectivity index is 1.59. The predicted molar refractivity (Wildman–Crippen MR) is 93.7 cm³/mol. The topological polar surface area (TPSA) is 63.6 Å². The van der Waals surface area contributed by atoms with Crippen LogP contribution in [0.3, 0.4) is 0 Å². The van der Waals surface area contributed by atoms with Crippen molar-refractivity contribution >= 4 is 11.8 Å². The van der Waals surface area contributed by atoms with Crippen LogP contribution in [-0.4, -0.2) is 29.1 Å². The van der Waals surface area contributed by atoms with Gasteiger partial charge in [-0.1, -0.05) is 13.8 Å². The fourth-order valence-corrected chi connectivity index (χ4v) is 7.38. The standard InChI is InChI=1S/C21H32O4/c1-12(22)25-13-6-8-20(2)16-7-9-21(3)15(4-5-19(21)24)14(16)11-18(23)17(20)10-13/h13-18,23H,4-11H2,1-3H3/t13-,14-,15-,16-,17?,18-,20+,21-/m0/s1. The lowest BCUT2D eigenvalue weighted by Crippen LogP contribution is -2.58. The molecule has 4 rings (SSSR count). The summed E-state index contributed by atoms with van der Waals surface area (Å²) in [5.74, 6) is 1.99. The molecule has 0 amide bonds. The molecule has 0 aliphatic heterocycles. The molecule has 4 heteroatoms. The van der Waals surface area contributed by atoms with Crippen LogP contribution < -0.4 is 0 Å². The average Bonchev–Trinajstić information content (AvgIpc) is 2.84. The second kappa shape index (κ2) is 5.80. The Labute approximate surface area is 150 Å². The van der Waals surface area contributed by atoms with Crippen LogP contribution in [0.5, 0.6) is 0 Å². The number of carbonyl (C=O) groups is 2. The number of rotatable bonds is 1. The molecule has 4 saturated carbocycles. The van der Waals surface area contributed by atoms with E-state index in [1.165, 1.54) is 6.92 Å². The molecular weight excluding hydrogens is 316 g/mol. The fraction of sp³-hybridized carbons (Fsp3) is 0.905. The maximum atomic E-state index is 12.5. The molecule has 0 heterocycles. The minimum absolute atomic E-state index is 0.0383. The zero-order valence-electron chi connectivity index (χ0n) is 15.8. The van der Waals surface area contributed by atoms with E-state index in [4.69, 9.17) is 4.74 Å². The Bertz CT molecular complexity index is 586. The molecule has 4 aliphatic rings. The molecule has 4 aliphatic carbocycles. The predicted octanol–water partition coefficient (Wildman–Crippen LogP) is 3.50. The van der Waals surface area contributed by atoms with Gasteiger partial charge in [-0.05, 0) is 74.0 Å². The Morgan fingerprint density at radius 1 is 1.08 bits per heavy atom. The number of aliphatic hydroxyl groups is 1. The number of ether oxygens (including phenoxy) is 1. The molecule has 0 saturated heterocycles. The first-order valence-corrected chi connectivity index (χ1v) is 10.1. The average molecular weight is 348 g/mol. The molecule has 1 unspecified atom stereocenters. The number of hydrogen-bond acceptors (Lipinski definition) is 4. The minimum Gasteiger partial charge on any atom is -0.463 e. The molecule has 4 fully saturated rings. The molecule has 0 aromatic heterocycles. The summed E-state index contributed by atoms with van der Waals surface area (Å²) in [6.07, 6.45) is 7.05. The van der Waals surface area contributed by atoms with Crippen molar-refractivity contribution in [2.45, 2.75) is 84.3 Å². The van der Waals surface area contributed by atoms with Gasteiger partial charge >= 0.3 is 5.97 Å². The number of fused-ring (bicyclic) bond motifs is 5. The van der Waals surface area contributed by atoms with Crippen LogP contribution in [0.4, 0.5) is 0 Å². The summed E-state index contributed by atoms with van der Waals surface area (Å²) in [6, 6.07) is 0. The number of ketones is 1. The second-order valence-corrected chi connectivity index (χ2v) is 9.72. The highest BCUT2D eigenvalue weighted by molar-refractivity contribution is 5.87. The maximum Gasteiger partial charge on any atom is 0.302 e. The van der Waals surface area contributed by atoms with E-state index in [-0.39, 0.29) is 34.9 Å². The van der Waals surface area contributed by atoms with Crippen molar-refractivity contribution in [2.24, 2.45) is 34.5 Å². The van der Waals surface area contributed by atoms with Gasteiger partial charge in [0.15, 0.2) is 0 Å². The molecule has 25 heavy (non-hydrogen) atoms. The number of esters is 1. The van der Waals surface area contributed by atoms with Gasteiger partial charge in [-0.25, -0.2) is 0 Å². The van der Waals surface area contributed by atoms with Gasteiger partial charge in [0.05, 0.1) is 6.10 Å². The van der Waals surface area contributed by atoms with E-state index in [9.17, 15) is 14.7 Å². The summed E-state index contributed by atoms with van der Waals surface area (Å²) < 4.78 is 5.47. The molecule has 0 spiro atoms. The van der Waals surface area contributed by atoms with Crippen molar-refractivity contribution in [1.82, 2.24) is 0 Å². The molecule has 0 aromatic rings. The van der Waals surface area contributed by atoms with Crippen molar-refractivity contribution in [2.75, 3.05) is 0 Å². The highest BCUT2D eigenvalue weighted by Crippen LogP contribution is 2.65. The largest absolute Gasteiger partial charge is 0.463 e. The first-order chi connectivity index (χ1) is 11.8. The van der Waals surface area contributed by atoms with E-state index in [2.05, 4.69) is 13.8 Å². The smallest absolute Gasteiger partial charge is 0.302 e. The number of hydrogen-bond donors (Lipinski definition) is 1. The third-order valence-corrected chi connectivity index (χ3v) is 8.67. The monoisotopic (exact) mass is 348 g/mol. The summed E-state index contributed by atoms with van der Waals surface area (Å²) >= 11 is 0. The van der Waals surface area contributed by atoms with Crippen molar-refractivity contribution in [1.29, 1.82) is 0 Å². The molecular formula is C21H32O4. The number of Topliss-reactive ketones (excluding diaryl/α,β-unsaturated/α-hetero) is 1. The first-order valence-electron chi connectivity index (χ1n) is 10.1. The van der Waals surface area contributed by atoms with E-state index >= 15 is 0 Å². The van der Waals surface area contributed by atoms with Crippen molar-refractivity contribution in [3.8, 4) is 0 Å². The van der Waals surface area contributed by atoms with Crippen LogP contribution in [0.25, 0.3) is 0 Å². The summed E-state index contributed by atoms with van der Waals surface area (Å²) in [5.41, 5.74) is -0.0228. The Kier molecular flexibility index (Phi) is 4.06. The van der Waals surface area contributed by atoms with Gasteiger partial charge in [-0.15, -0.1) is 0 Å². The van der Waals surface area contributed by atoms with E-state index in [0.717, 1.165) is 51.4 Å². The lowest BCUT2D eigenvalue weighted by molar-refractivity contribution is -0.180. The Morgan fingerprint density at radius 3 is 2.56 bits per heavy atom. The lowest BCUT2D eigenvalue weighted by atomic mass is 9.44. The molecule has 8 atom stereocenters. The summed E-state index contributed by atoms with van der Waals surface area (Å²) in [4.78, 5) is 23.8. The van der Waals surface area contributed by atoms with Crippen LogP contribution >= 0.6 is 0 Å². The minimum atomic E-state index is -0.331. The van der Waals surface area contributed by atoms with Gasteiger partial charge in [-0.3, -0.25) is 9.59 Å². The molecule has 0 bridgehead atoms. The second-order valence-electron chi connectivity index (χ2n) is 9.72. The fourth-order valence-electron chi connectivity index (χ4n) is 7.38. The van der Waals surface area contributed by atoms with Crippen LogP contribution in [-0.2, 0) is 14.3 Å². The highest BCUT2D eigenvalue weighted by Gasteiger charge is 2.62. The Morgan fingerprint density at radius 2 is 1.84 bits per heavy atom. The SMILES string of the molecule is CC(=O)O[C@H]1CC[C@@]2(C)C(C1)[C@@H](O)C[C@@H]1[C@@H]2CC[C@]2(C)C(=O)CC[C@@H]12. The van der Waals surface area contributed by atoms with Gasteiger partial charge in [0.1, 0.15) is 11.9 Å². The van der Waals surface area contributed by atoms with Gasteiger partial charge in [-0.2, -0.15) is 0 Å². The van der Waals surface area contributed by atoms with Crippen LogP contribution in [0.15, 0.2) is 0 Å². The van der Waals surface area contributed by atoms with Gasteiger partial charge in [0.2, 0.25) is 0 Å². The van der Waals surface area contributed by atoms with Crippen molar-refractivity contribution < 1.29 is 19.4 Å². The zero-order chi connectivity index (χ0) is 18.0. The summed E-state index contributed by atoms with van der Waals surface area (Å²) in [7, 11) is 0. The van der Waals surface area contributed by atoms with Crippen LogP contribution in [0.1, 0.15) is 72.1 Å². The Hall–Kier alpha value is -0.900. The summed E-state index contributed by atoms with van der Waals surface area (Å²) in [6.45, 7) is 6.02. The van der Waals surface area contributed by atoms with Crippen molar-refractivity contribution in [3.05, 3.63) is 0 Å². The third-order valence-electron chi connectivity index (χ3n) is 8.67. The summed E-state index contributed by atoms with van der Waals surface area (Å²) in [5, 5.41) is 11.0. The van der Waals surface area contributed by atoms with E-state index < -0.39 is 0 Å². The highest BCUT2D eigenvalue weighted by atomic mass is 16.5. The van der Waals surface area contributed by atoms with E-state index in [1.807, 2.05) is 0 Å². The van der Waals surface area contributed by atoms with E-state index in [0.29, 0.717) is 23.5 Å². The lowest BCUT2D eigenvalue weighted by Gasteiger charge is -2.61. The molecule has 4 nitrogen and oxygen atoms in total. The maximum absolute atomic E-state index is 12.5. The molecule has 0 aromatic carbocycles. The van der Waals surface area contributed by atoms with Crippen LogP contribution in [0, 0.1) is 34.5 Å². The first kappa shape index (κ1) is 17.5. The molecule has 1 N–H and O–H groups in total. The van der Waals surface area contributed by atoms with Crippen LogP contribution in [0.2, 0.25) is 0 Å². The van der Waals surface area contributed by atoms with Gasteiger partial charge in [0.25, 0.3) is 0 Å². The third kappa shape index (κ3) is 2.50. The zero-order valence-corrected chi connectivity index (χ0v) is 15.8. The van der Waals surface area contributed by atoms with Crippen molar-refractivity contribution in [3.63, 3.8) is 0 Å². The van der Waals surface area contributed by atoms with Gasteiger partial charge in [0, 0.05) is 18.8 Å².